The van der Waals surface area contributed by atoms with Gasteiger partial charge in [0.05, 0.1) is 6.54 Å². The largest absolute Gasteiger partial charge is 0.480 e. The molecule has 0 spiro atoms. The average Bonchev–Trinajstić information content (AvgIpc) is 3.10. The molecule has 1 atom stereocenters. The molecule has 2 aliphatic rings. The van der Waals surface area contributed by atoms with Crippen LogP contribution in [-0.4, -0.2) is 58.5 Å². The van der Waals surface area contributed by atoms with E-state index in [-0.39, 0.29) is 18.5 Å². The van der Waals surface area contributed by atoms with Crippen LogP contribution in [0.4, 0.5) is 0 Å². The van der Waals surface area contributed by atoms with Gasteiger partial charge in [-0.2, -0.15) is 0 Å². The Balaban J connectivity index is 1.95. The fourth-order valence-corrected chi connectivity index (χ4v) is 2.80. The molecule has 1 N–H and O–H groups in total. The predicted molar refractivity (Wildman–Crippen MR) is 67.3 cm³/mol. The second-order valence-corrected chi connectivity index (χ2v) is 5.42. The molecule has 1 aliphatic heterocycles. The standard InChI is InChI=1S/C13H22N2O3/c1-10(16)15(11-5-6-11)8-12-4-2-3-7-14(12)9-13(17)18/h11-12H,2-9H2,1H3,(H,17,18). The van der Waals surface area contributed by atoms with Crippen LogP contribution in [0.15, 0.2) is 0 Å². The molecule has 1 aliphatic carbocycles. The second-order valence-electron chi connectivity index (χ2n) is 5.42. The summed E-state index contributed by atoms with van der Waals surface area (Å²) >= 11 is 0. The van der Waals surface area contributed by atoms with Crippen molar-refractivity contribution in [3.63, 3.8) is 0 Å². The maximum absolute atomic E-state index is 11.6. The number of likely N-dealkylation sites (tertiary alicyclic amines) is 1. The van der Waals surface area contributed by atoms with Crippen LogP contribution in [0.3, 0.4) is 0 Å². The molecule has 18 heavy (non-hydrogen) atoms. The summed E-state index contributed by atoms with van der Waals surface area (Å²) in [4.78, 5) is 26.4. The van der Waals surface area contributed by atoms with E-state index in [9.17, 15) is 9.59 Å². The molecule has 1 saturated heterocycles. The Kier molecular flexibility index (Phi) is 4.22. The number of rotatable bonds is 5. The van der Waals surface area contributed by atoms with Gasteiger partial charge in [-0.15, -0.1) is 0 Å². The predicted octanol–water partition coefficient (Wildman–Crippen LogP) is 0.936. The zero-order valence-electron chi connectivity index (χ0n) is 11.0. The van der Waals surface area contributed by atoms with E-state index >= 15 is 0 Å². The molecule has 2 rings (SSSR count). The third kappa shape index (κ3) is 3.45. The Bertz CT molecular complexity index is 328. The Morgan fingerprint density at radius 1 is 1.28 bits per heavy atom. The van der Waals surface area contributed by atoms with Gasteiger partial charge in [-0.1, -0.05) is 6.42 Å². The van der Waals surface area contributed by atoms with Gasteiger partial charge in [0, 0.05) is 25.6 Å². The number of carbonyl (C=O) groups is 2. The van der Waals surface area contributed by atoms with Gasteiger partial charge in [0.2, 0.25) is 5.91 Å². The highest BCUT2D eigenvalue weighted by atomic mass is 16.4. The van der Waals surface area contributed by atoms with Crippen LogP contribution in [0.25, 0.3) is 0 Å². The lowest BCUT2D eigenvalue weighted by molar-refractivity contribution is -0.139. The van der Waals surface area contributed by atoms with Crippen molar-refractivity contribution in [2.24, 2.45) is 0 Å². The summed E-state index contributed by atoms with van der Waals surface area (Å²) in [6, 6.07) is 0.635. The highest BCUT2D eigenvalue weighted by Gasteiger charge is 2.34. The van der Waals surface area contributed by atoms with Gasteiger partial charge < -0.3 is 10.0 Å². The number of hydrogen-bond donors (Lipinski definition) is 1. The van der Waals surface area contributed by atoms with Crippen LogP contribution >= 0.6 is 0 Å². The van der Waals surface area contributed by atoms with E-state index in [0.29, 0.717) is 12.6 Å². The molecule has 0 bridgehead atoms. The van der Waals surface area contributed by atoms with E-state index < -0.39 is 5.97 Å². The lowest BCUT2D eigenvalue weighted by Gasteiger charge is -2.37. The Hall–Kier alpha value is -1.10. The van der Waals surface area contributed by atoms with Crippen molar-refractivity contribution in [1.29, 1.82) is 0 Å². The first kappa shape index (κ1) is 13.3. The van der Waals surface area contributed by atoms with Gasteiger partial charge in [-0.3, -0.25) is 14.5 Å². The molecule has 1 unspecified atom stereocenters. The first-order valence-electron chi connectivity index (χ1n) is 6.81. The summed E-state index contributed by atoms with van der Waals surface area (Å²) < 4.78 is 0. The SMILES string of the molecule is CC(=O)N(CC1CCCCN1CC(=O)O)C1CC1. The zero-order chi connectivity index (χ0) is 13.1. The third-order valence-electron chi connectivity index (χ3n) is 3.89. The summed E-state index contributed by atoms with van der Waals surface area (Å²) in [5, 5.41) is 8.93. The number of carbonyl (C=O) groups excluding carboxylic acids is 1. The van der Waals surface area contributed by atoms with E-state index in [1.165, 1.54) is 0 Å². The lowest BCUT2D eigenvalue weighted by atomic mass is 10.0. The lowest BCUT2D eigenvalue weighted by Crippen LogP contribution is -2.50. The van der Waals surface area contributed by atoms with Gasteiger partial charge in [0.1, 0.15) is 0 Å². The fourth-order valence-electron chi connectivity index (χ4n) is 2.80. The minimum Gasteiger partial charge on any atom is -0.480 e. The normalized spacial score (nSPS) is 24.8. The first-order chi connectivity index (χ1) is 8.58. The van der Waals surface area contributed by atoms with E-state index in [2.05, 4.69) is 0 Å². The highest BCUT2D eigenvalue weighted by Crippen LogP contribution is 2.28. The van der Waals surface area contributed by atoms with Crippen LogP contribution < -0.4 is 0 Å². The molecule has 0 radical (unpaired) electrons. The van der Waals surface area contributed by atoms with Crippen LogP contribution in [0.2, 0.25) is 0 Å². The Labute approximate surface area is 108 Å². The molecule has 0 aromatic heterocycles. The third-order valence-corrected chi connectivity index (χ3v) is 3.89. The number of carboxylic acid groups (broad SMARTS) is 1. The number of carboxylic acids is 1. The molecule has 5 nitrogen and oxygen atoms in total. The van der Waals surface area contributed by atoms with Gasteiger partial charge in [-0.05, 0) is 32.2 Å². The topological polar surface area (TPSA) is 60.9 Å². The molecule has 1 amide bonds. The van der Waals surface area contributed by atoms with Crippen molar-refractivity contribution >= 4 is 11.9 Å². The molecular weight excluding hydrogens is 232 g/mol. The molecule has 1 saturated carbocycles. The minimum absolute atomic E-state index is 0.0983. The van der Waals surface area contributed by atoms with Crippen molar-refractivity contribution < 1.29 is 14.7 Å². The number of amides is 1. The fraction of sp³-hybridized carbons (Fsp3) is 0.846. The van der Waals surface area contributed by atoms with E-state index in [0.717, 1.165) is 38.6 Å². The molecule has 0 aromatic rings. The molecule has 102 valence electrons. The summed E-state index contributed by atoms with van der Waals surface area (Å²) in [5.74, 6) is -0.652. The average molecular weight is 254 g/mol. The van der Waals surface area contributed by atoms with Crippen molar-refractivity contribution in [1.82, 2.24) is 9.80 Å². The summed E-state index contributed by atoms with van der Waals surface area (Å²) in [6.07, 6.45) is 5.41. The van der Waals surface area contributed by atoms with Crippen LogP contribution in [0.5, 0.6) is 0 Å². The van der Waals surface area contributed by atoms with Gasteiger partial charge >= 0.3 is 5.97 Å². The van der Waals surface area contributed by atoms with Crippen molar-refractivity contribution in [3.05, 3.63) is 0 Å². The van der Waals surface area contributed by atoms with Gasteiger partial charge in [0.15, 0.2) is 0 Å². The van der Waals surface area contributed by atoms with Crippen molar-refractivity contribution in [2.75, 3.05) is 19.6 Å². The molecule has 2 fully saturated rings. The molecule has 5 heteroatoms. The summed E-state index contributed by atoms with van der Waals surface area (Å²) in [5.41, 5.74) is 0. The maximum atomic E-state index is 11.6. The Morgan fingerprint density at radius 2 is 2.00 bits per heavy atom. The smallest absolute Gasteiger partial charge is 0.317 e. The molecule has 0 aromatic carbocycles. The number of nitrogens with zero attached hydrogens (tertiary/aromatic N) is 2. The second kappa shape index (κ2) is 5.69. The number of aliphatic carboxylic acids is 1. The quantitative estimate of drug-likeness (QED) is 0.793. The number of hydrogen-bond acceptors (Lipinski definition) is 3. The monoisotopic (exact) mass is 254 g/mol. The van der Waals surface area contributed by atoms with Gasteiger partial charge in [-0.25, -0.2) is 0 Å². The van der Waals surface area contributed by atoms with Crippen LogP contribution in [0, 0.1) is 0 Å². The van der Waals surface area contributed by atoms with E-state index in [4.69, 9.17) is 5.11 Å². The Morgan fingerprint density at radius 3 is 2.56 bits per heavy atom. The maximum Gasteiger partial charge on any atom is 0.317 e. The molecule has 1 heterocycles. The van der Waals surface area contributed by atoms with E-state index in [1.54, 1.807) is 6.92 Å². The summed E-state index contributed by atoms with van der Waals surface area (Å²) in [6.45, 7) is 3.25. The van der Waals surface area contributed by atoms with Crippen molar-refractivity contribution in [2.45, 2.75) is 51.1 Å². The van der Waals surface area contributed by atoms with E-state index in [1.807, 2.05) is 9.80 Å². The zero-order valence-corrected chi connectivity index (χ0v) is 11.0. The van der Waals surface area contributed by atoms with Crippen molar-refractivity contribution in [3.8, 4) is 0 Å². The summed E-state index contributed by atoms with van der Waals surface area (Å²) in [7, 11) is 0. The van der Waals surface area contributed by atoms with Gasteiger partial charge in [0.25, 0.3) is 0 Å². The minimum atomic E-state index is -0.775. The highest BCUT2D eigenvalue weighted by molar-refractivity contribution is 5.74. The van der Waals surface area contributed by atoms with Crippen LogP contribution in [-0.2, 0) is 9.59 Å². The van der Waals surface area contributed by atoms with Crippen LogP contribution in [0.1, 0.15) is 39.0 Å². The first-order valence-corrected chi connectivity index (χ1v) is 6.81. The molecular formula is C13H22N2O3. The number of piperidine rings is 1.